The maximum atomic E-state index is 12.3. The molecule has 0 aliphatic heterocycles. The Kier molecular flexibility index (Phi) is 5.09. The van der Waals surface area contributed by atoms with Crippen LogP contribution < -0.4 is 5.32 Å². The Hall–Kier alpha value is -1.30. The lowest BCUT2D eigenvalue weighted by molar-refractivity contribution is -0.139. The number of rotatable bonds is 7. The van der Waals surface area contributed by atoms with Crippen LogP contribution >= 0.6 is 0 Å². The predicted octanol–water partition coefficient (Wildman–Crippen LogP) is 1.90. The van der Waals surface area contributed by atoms with Crippen LogP contribution in [0.5, 0.6) is 0 Å². The van der Waals surface area contributed by atoms with Gasteiger partial charge in [-0.05, 0) is 44.4 Å². The smallest absolute Gasteiger partial charge is 0.317 e. The SMILES string of the molecule is CN(C(=O)NC1CC(N(CC(=O)O)CC2CC2)C1)C1CCCC1. The van der Waals surface area contributed by atoms with Gasteiger partial charge in [-0.2, -0.15) is 0 Å². The molecule has 2 N–H and O–H groups in total. The number of hydrogen-bond acceptors (Lipinski definition) is 3. The van der Waals surface area contributed by atoms with Crippen LogP contribution in [0, 0.1) is 5.92 Å². The fraction of sp³-hybridized carbons (Fsp3) is 0.882. The minimum atomic E-state index is -0.751. The van der Waals surface area contributed by atoms with E-state index in [1.54, 1.807) is 0 Å². The number of carbonyl (C=O) groups excluding carboxylic acids is 1. The van der Waals surface area contributed by atoms with E-state index in [1.165, 1.54) is 25.7 Å². The van der Waals surface area contributed by atoms with Crippen LogP contribution in [-0.4, -0.2) is 65.2 Å². The normalized spacial score (nSPS) is 27.7. The first-order chi connectivity index (χ1) is 11.0. The van der Waals surface area contributed by atoms with Gasteiger partial charge in [0.05, 0.1) is 6.54 Å². The van der Waals surface area contributed by atoms with Crippen LogP contribution in [0.25, 0.3) is 0 Å². The summed E-state index contributed by atoms with van der Waals surface area (Å²) < 4.78 is 0. The fourth-order valence-electron chi connectivity index (χ4n) is 3.89. The first kappa shape index (κ1) is 16.6. The van der Waals surface area contributed by atoms with E-state index in [0.29, 0.717) is 18.0 Å². The molecule has 0 aromatic rings. The van der Waals surface area contributed by atoms with Gasteiger partial charge < -0.3 is 15.3 Å². The molecule has 3 aliphatic rings. The second-order valence-electron chi connectivity index (χ2n) is 7.59. The summed E-state index contributed by atoms with van der Waals surface area (Å²) in [5, 5.41) is 12.2. The summed E-state index contributed by atoms with van der Waals surface area (Å²) >= 11 is 0. The molecule has 0 spiro atoms. The monoisotopic (exact) mass is 323 g/mol. The lowest BCUT2D eigenvalue weighted by atomic mass is 9.85. The average Bonchev–Trinajstić information content (AvgIpc) is 3.10. The summed E-state index contributed by atoms with van der Waals surface area (Å²) in [6.07, 6.45) is 8.90. The molecule has 0 aromatic carbocycles. The van der Waals surface area contributed by atoms with Crippen molar-refractivity contribution in [3.05, 3.63) is 0 Å². The van der Waals surface area contributed by atoms with Crippen molar-refractivity contribution in [3.63, 3.8) is 0 Å². The summed E-state index contributed by atoms with van der Waals surface area (Å²) in [6, 6.07) is 0.942. The molecule has 2 amide bonds. The van der Waals surface area contributed by atoms with Crippen molar-refractivity contribution in [1.82, 2.24) is 15.1 Å². The molecule has 3 rings (SSSR count). The number of amides is 2. The van der Waals surface area contributed by atoms with E-state index in [0.717, 1.165) is 32.2 Å². The number of nitrogens with one attached hydrogen (secondary N) is 1. The lowest BCUT2D eigenvalue weighted by Crippen LogP contribution is -2.57. The van der Waals surface area contributed by atoms with Crippen LogP contribution in [-0.2, 0) is 4.79 Å². The largest absolute Gasteiger partial charge is 0.480 e. The summed E-state index contributed by atoms with van der Waals surface area (Å²) in [4.78, 5) is 27.3. The molecule has 130 valence electrons. The van der Waals surface area contributed by atoms with E-state index in [-0.39, 0.29) is 18.6 Å². The van der Waals surface area contributed by atoms with Crippen molar-refractivity contribution in [2.24, 2.45) is 5.92 Å². The molecule has 23 heavy (non-hydrogen) atoms. The number of hydrogen-bond donors (Lipinski definition) is 2. The van der Waals surface area contributed by atoms with E-state index in [9.17, 15) is 9.59 Å². The Morgan fingerprint density at radius 2 is 1.74 bits per heavy atom. The van der Waals surface area contributed by atoms with Crippen molar-refractivity contribution in [1.29, 1.82) is 0 Å². The third-order valence-corrected chi connectivity index (χ3v) is 5.68. The molecule has 0 heterocycles. The van der Waals surface area contributed by atoms with Crippen molar-refractivity contribution < 1.29 is 14.7 Å². The van der Waals surface area contributed by atoms with Crippen LogP contribution in [0.2, 0.25) is 0 Å². The maximum Gasteiger partial charge on any atom is 0.317 e. The first-order valence-electron chi connectivity index (χ1n) is 9.02. The zero-order valence-electron chi connectivity index (χ0n) is 14.0. The van der Waals surface area contributed by atoms with E-state index in [2.05, 4.69) is 10.2 Å². The molecule has 0 aromatic heterocycles. The van der Waals surface area contributed by atoms with E-state index < -0.39 is 5.97 Å². The van der Waals surface area contributed by atoms with Crippen molar-refractivity contribution in [3.8, 4) is 0 Å². The third kappa shape index (κ3) is 4.37. The summed E-state index contributed by atoms with van der Waals surface area (Å²) in [6.45, 7) is 1.03. The fourth-order valence-corrected chi connectivity index (χ4v) is 3.89. The number of urea groups is 1. The van der Waals surface area contributed by atoms with Gasteiger partial charge in [-0.15, -0.1) is 0 Å². The Morgan fingerprint density at radius 3 is 2.30 bits per heavy atom. The Morgan fingerprint density at radius 1 is 1.09 bits per heavy atom. The highest BCUT2D eigenvalue weighted by Gasteiger charge is 2.38. The topological polar surface area (TPSA) is 72.9 Å². The van der Waals surface area contributed by atoms with Crippen LogP contribution in [0.1, 0.15) is 51.4 Å². The Bertz CT molecular complexity index is 440. The van der Waals surface area contributed by atoms with E-state index >= 15 is 0 Å². The van der Waals surface area contributed by atoms with Gasteiger partial charge in [0, 0.05) is 31.7 Å². The van der Waals surface area contributed by atoms with Gasteiger partial charge in [0.1, 0.15) is 0 Å². The quantitative estimate of drug-likeness (QED) is 0.750. The summed E-state index contributed by atoms with van der Waals surface area (Å²) in [7, 11) is 1.89. The molecule has 0 unspecified atom stereocenters. The number of carboxylic acids is 1. The maximum absolute atomic E-state index is 12.3. The Labute approximate surface area is 138 Å². The minimum Gasteiger partial charge on any atom is -0.480 e. The molecule has 3 saturated carbocycles. The zero-order valence-corrected chi connectivity index (χ0v) is 14.0. The van der Waals surface area contributed by atoms with Crippen LogP contribution in [0.15, 0.2) is 0 Å². The van der Waals surface area contributed by atoms with Crippen molar-refractivity contribution in [2.45, 2.75) is 69.5 Å². The van der Waals surface area contributed by atoms with Gasteiger partial charge in [0.25, 0.3) is 0 Å². The highest BCUT2D eigenvalue weighted by molar-refractivity contribution is 5.74. The number of aliphatic carboxylic acids is 1. The molecule has 0 atom stereocenters. The van der Waals surface area contributed by atoms with Gasteiger partial charge in [-0.1, -0.05) is 12.8 Å². The highest BCUT2D eigenvalue weighted by atomic mass is 16.4. The first-order valence-corrected chi connectivity index (χ1v) is 9.02. The van der Waals surface area contributed by atoms with Gasteiger partial charge in [-0.25, -0.2) is 4.79 Å². The van der Waals surface area contributed by atoms with E-state index in [1.807, 2.05) is 11.9 Å². The summed E-state index contributed by atoms with van der Waals surface area (Å²) in [5.41, 5.74) is 0. The molecular formula is C17H29N3O3. The van der Waals surface area contributed by atoms with Gasteiger partial charge in [-0.3, -0.25) is 9.69 Å². The summed E-state index contributed by atoms with van der Waals surface area (Å²) in [5.74, 6) is -0.0596. The standard InChI is InChI=1S/C17H29N3O3/c1-19(14-4-2-3-5-14)17(23)18-13-8-15(9-13)20(11-16(21)22)10-12-6-7-12/h12-15H,2-11H2,1H3,(H,18,23)(H,21,22). The van der Waals surface area contributed by atoms with Crippen molar-refractivity contribution >= 4 is 12.0 Å². The molecular weight excluding hydrogens is 294 g/mol. The second kappa shape index (κ2) is 7.07. The third-order valence-electron chi connectivity index (χ3n) is 5.68. The van der Waals surface area contributed by atoms with Crippen LogP contribution in [0.3, 0.4) is 0 Å². The number of nitrogens with zero attached hydrogens (tertiary/aromatic N) is 2. The molecule has 3 aliphatic carbocycles. The predicted molar refractivity (Wildman–Crippen MR) is 87.3 cm³/mol. The molecule has 6 nitrogen and oxygen atoms in total. The second-order valence-corrected chi connectivity index (χ2v) is 7.59. The zero-order chi connectivity index (χ0) is 16.4. The van der Waals surface area contributed by atoms with Gasteiger partial charge in [0.2, 0.25) is 0 Å². The molecule has 3 fully saturated rings. The highest BCUT2D eigenvalue weighted by Crippen LogP contribution is 2.34. The van der Waals surface area contributed by atoms with Crippen LogP contribution in [0.4, 0.5) is 4.79 Å². The average molecular weight is 323 g/mol. The number of carboxylic acid groups (broad SMARTS) is 1. The number of carbonyl (C=O) groups is 2. The lowest BCUT2D eigenvalue weighted by Gasteiger charge is -2.43. The van der Waals surface area contributed by atoms with Gasteiger partial charge in [0.15, 0.2) is 0 Å². The van der Waals surface area contributed by atoms with Crippen molar-refractivity contribution in [2.75, 3.05) is 20.1 Å². The molecule has 0 bridgehead atoms. The minimum absolute atomic E-state index is 0.0346. The molecule has 0 radical (unpaired) electrons. The Balaban J connectivity index is 1.41. The van der Waals surface area contributed by atoms with Gasteiger partial charge >= 0.3 is 12.0 Å². The van der Waals surface area contributed by atoms with E-state index in [4.69, 9.17) is 5.11 Å². The molecule has 6 heteroatoms. The molecule has 0 saturated heterocycles.